The Morgan fingerprint density at radius 3 is 1.84 bits per heavy atom. The molecule has 0 bridgehead atoms. The minimum absolute atomic E-state index is 0.0370. The van der Waals surface area contributed by atoms with Gasteiger partial charge in [-0.1, -0.05) is 38.1 Å². The third-order valence-corrected chi connectivity index (χ3v) is 5.07. The number of rotatable bonds is 13. The predicted molar refractivity (Wildman–Crippen MR) is 119 cm³/mol. The fourth-order valence-corrected chi connectivity index (χ4v) is 3.34. The number of hydrogen-bond donors (Lipinski definition) is 0. The highest BCUT2D eigenvalue weighted by molar-refractivity contribution is 7.86. The SMILES string of the molecule is CCC(CC)C(=O)OCCOCCOc1ccc(-c2ccc(OS(C)(=O)=O)cc2)cc1. The highest BCUT2D eigenvalue weighted by atomic mass is 32.2. The van der Waals surface area contributed by atoms with Crippen molar-refractivity contribution in [2.45, 2.75) is 26.7 Å². The summed E-state index contributed by atoms with van der Waals surface area (Å²) < 4.78 is 43.4. The van der Waals surface area contributed by atoms with E-state index in [1.165, 1.54) is 0 Å². The quantitative estimate of drug-likeness (QED) is 0.258. The number of ether oxygens (including phenoxy) is 3. The zero-order chi connectivity index (χ0) is 22.7. The number of esters is 1. The van der Waals surface area contributed by atoms with Crippen LogP contribution in [-0.2, 0) is 24.4 Å². The summed E-state index contributed by atoms with van der Waals surface area (Å²) in [6.07, 6.45) is 2.58. The summed E-state index contributed by atoms with van der Waals surface area (Å²) in [6, 6.07) is 14.3. The topological polar surface area (TPSA) is 88.1 Å². The van der Waals surface area contributed by atoms with Crippen molar-refractivity contribution in [3.8, 4) is 22.6 Å². The van der Waals surface area contributed by atoms with E-state index in [1.807, 2.05) is 38.1 Å². The molecule has 0 unspecified atom stereocenters. The van der Waals surface area contributed by atoms with Crippen LogP contribution in [0, 0.1) is 5.92 Å². The average Bonchev–Trinajstić information content (AvgIpc) is 2.74. The molecule has 0 aliphatic rings. The van der Waals surface area contributed by atoms with Crippen molar-refractivity contribution in [2.75, 3.05) is 32.7 Å². The maximum absolute atomic E-state index is 11.7. The van der Waals surface area contributed by atoms with Gasteiger partial charge in [-0.15, -0.1) is 0 Å². The molecule has 0 saturated carbocycles. The summed E-state index contributed by atoms with van der Waals surface area (Å²) in [5, 5.41) is 0. The van der Waals surface area contributed by atoms with E-state index in [0.717, 1.165) is 30.2 Å². The molecule has 2 rings (SSSR count). The highest BCUT2D eigenvalue weighted by Crippen LogP contribution is 2.25. The number of carbonyl (C=O) groups excluding carboxylic acids is 1. The van der Waals surface area contributed by atoms with Crippen molar-refractivity contribution in [1.82, 2.24) is 0 Å². The van der Waals surface area contributed by atoms with E-state index in [9.17, 15) is 13.2 Å². The molecule has 0 saturated heterocycles. The zero-order valence-corrected chi connectivity index (χ0v) is 19.0. The Labute approximate surface area is 184 Å². The lowest BCUT2D eigenvalue weighted by molar-refractivity contribution is -0.150. The fourth-order valence-electron chi connectivity index (χ4n) is 2.88. The van der Waals surface area contributed by atoms with Gasteiger partial charge in [-0.3, -0.25) is 4.79 Å². The van der Waals surface area contributed by atoms with Crippen molar-refractivity contribution in [3.05, 3.63) is 48.5 Å². The first-order chi connectivity index (χ1) is 14.8. The normalized spacial score (nSPS) is 11.4. The Morgan fingerprint density at radius 1 is 0.806 bits per heavy atom. The van der Waals surface area contributed by atoms with E-state index in [0.29, 0.717) is 25.6 Å². The lowest BCUT2D eigenvalue weighted by Crippen LogP contribution is -2.19. The molecular formula is C23H30O7S. The second-order valence-electron chi connectivity index (χ2n) is 6.98. The van der Waals surface area contributed by atoms with Gasteiger partial charge in [0, 0.05) is 0 Å². The van der Waals surface area contributed by atoms with Crippen LogP contribution in [0.5, 0.6) is 11.5 Å². The smallest absolute Gasteiger partial charge is 0.308 e. The van der Waals surface area contributed by atoms with Crippen LogP contribution in [0.1, 0.15) is 26.7 Å². The van der Waals surface area contributed by atoms with Gasteiger partial charge in [0.2, 0.25) is 0 Å². The Kier molecular flexibility index (Phi) is 9.81. The second-order valence-corrected chi connectivity index (χ2v) is 8.55. The Balaban J connectivity index is 1.69. The van der Waals surface area contributed by atoms with Crippen molar-refractivity contribution in [2.24, 2.45) is 5.92 Å². The lowest BCUT2D eigenvalue weighted by atomic mass is 10.0. The minimum Gasteiger partial charge on any atom is -0.491 e. The summed E-state index contributed by atoms with van der Waals surface area (Å²) in [4.78, 5) is 11.7. The van der Waals surface area contributed by atoms with Crippen molar-refractivity contribution in [3.63, 3.8) is 0 Å². The van der Waals surface area contributed by atoms with Crippen LogP contribution in [0.3, 0.4) is 0 Å². The van der Waals surface area contributed by atoms with E-state index in [1.54, 1.807) is 24.3 Å². The van der Waals surface area contributed by atoms with Crippen LogP contribution in [0.2, 0.25) is 0 Å². The van der Waals surface area contributed by atoms with Crippen LogP contribution >= 0.6 is 0 Å². The van der Waals surface area contributed by atoms with Crippen molar-refractivity contribution in [1.29, 1.82) is 0 Å². The van der Waals surface area contributed by atoms with Crippen molar-refractivity contribution >= 4 is 16.1 Å². The summed E-state index contributed by atoms with van der Waals surface area (Å²) in [6.45, 7) is 5.32. The monoisotopic (exact) mass is 450 g/mol. The van der Waals surface area contributed by atoms with E-state index in [2.05, 4.69) is 0 Å². The zero-order valence-electron chi connectivity index (χ0n) is 18.2. The third-order valence-electron chi connectivity index (χ3n) is 4.58. The first-order valence-electron chi connectivity index (χ1n) is 10.3. The summed E-state index contributed by atoms with van der Waals surface area (Å²) in [7, 11) is -3.54. The van der Waals surface area contributed by atoms with Gasteiger partial charge in [-0.05, 0) is 48.2 Å². The van der Waals surface area contributed by atoms with Crippen LogP contribution in [-0.4, -0.2) is 47.1 Å². The molecule has 0 aromatic heterocycles. The molecule has 0 N–H and O–H groups in total. The Morgan fingerprint density at radius 2 is 1.32 bits per heavy atom. The largest absolute Gasteiger partial charge is 0.491 e. The summed E-state index contributed by atoms with van der Waals surface area (Å²) >= 11 is 0. The van der Waals surface area contributed by atoms with Crippen LogP contribution in [0.25, 0.3) is 11.1 Å². The van der Waals surface area contributed by atoms with Crippen LogP contribution in [0.4, 0.5) is 0 Å². The highest BCUT2D eigenvalue weighted by Gasteiger charge is 2.15. The summed E-state index contributed by atoms with van der Waals surface area (Å²) in [5.74, 6) is 0.786. The second kappa shape index (κ2) is 12.3. The Hall–Kier alpha value is -2.58. The van der Waals surface area contributed by atoms with Crippen LogP contribution in [0.15, 0.2) is 48.5 Å². The third kappa shape index (κ3) is 8.98. The predicted octanol–water partition coefficient (Wildman–Crippen LogP) is 4.07. The molecule has 2 aromatic rings. The molecule has 0 radical (unpaired) electrons. The molecular weight excluding hydrogens is 420 g/mol. The van der Waals surface area contributed by atoms with E-state index in [-0.39, 0.29) is 24.2 Å². The minimum atomic E-state index is -3.54. The maximum atomic E-state index is 11.7. The molecule has 0 aliphatic carbocycles. The number of benzene rings is 2. The summed E-state index contributed by atoms with van der Waals surface area (Å²) in [5.41, 5.74) is 1.90. The molecule has 0 spiro atoms. The molecule has 7 nitrogen and oxygen atoms in total. The maximum Gasteiger partial charge on any atom is 0.308 e. The van der Waals surface area contributed by atoms with E-state index < -0.39 is 10.1 Å². The fraction of sp³-hybridized carbons (Fsp3) is 0.435. The van der Waals surface area contributed by atoms with E-state index in [4.69, 9.17) is 18.4 Å². The van der Waals surface area contributed by atoms with E-state index >= 15 is 0 Å². The van der Waals surface area contributed by atoms with Crippen LogP contribution < -0.4 is 8.92 Å². The first kappa shape index (κ1) is 24.7. The number of carbonyl (C=O) groups is 1. The molecule has 0 fully saturated rings. The molecule has 0 heterocycles. The van der Waals surface area contributed by atoms with Gasteiger partial charge < -0.3 is 18.4 Å². The van der Waals surface area contributed by atoms with Gasteiger partial charge in [0.25, 0.3) is 0 Å². The van der Waals surface area contributed by atoms with Crippen molar-refractivity contribution < 1.29 is 31.6 Å². The Bertz CT molecular complexity index is 902. The molecule has 170 valence electrons. The molecule has 31 heavy (non-hydrogen) atoms. The van der Waals surface area contributed by atoms with Gasteiger partial charge in [0.05, 0.1) is 25.4 Å². The van der Waals surface area contributed by atoms with Gasteiger partial charge in [0.1, 0.15) is 24.7 Å². The average molecular weight is 451 g/mol. The molecule has 0 aliphatic heterocycles. The lowest BCUT2D eigenvalue weighted by Gasteiger charge is -2.12. The van der Waals surface area contributed by atoms with Gasteiger partial charge in [0.15, 0.2) is 0 Å². The van der Waals surface area contributed by atoms with Gasteiger partial charge in [-0.2, -0.15) is 8.42 Å². The first-order valence-corrected chi connectivity index (χ1v) is 12.1. The molecule has 8 heteroatoms. The molecule has 2 aromatic carbocycles. The molecule has 0 atom stereocenters. The van der Waals surface area contributed by atoms with Gasteiger partial charge in [-0.25, -0.2) is 0 Å². The standard InChI is InChI=1S/C23H30O7S/c1-4-18(5-2)23(24)29-17-15-27-14-16-28-21-10-6-19(7-11-21)20-8-12-22(13-9-20)30-31(3,25)26/h6-13,18H,4-5,14-17H2,1-3H3. The van der Waals surface area contributed by atoms with Gasteiger partial charge >= 0.3 is 16.1 Å². The number of hydrogen-bond acceptors (Lipinski definition) is 7. The molecule has 0 amide bonds.